The molecule has 0 aliphatic rings. The van der Waals surface area contributed by atoms with Crippen molar-refractivity contribution < 1.29 is 9.53 Å². The number of methoxy groups -OCH3 is 1. The number of carbonyl (C=O) groups is 1. The monoisotopic (exact) mass is 402 g/mol. The molecule has 27 heavy (non-hydrogen) atoms. The topological polar surface area (TPSA) is 79.9 Å². The Morgan fingerprint density at radius 1 is 1.26 bits per heavy atom. The molecule has 0 bridgehead atoms. The Hall–Kier alpha value is -2.51. The summed E-state index contributed by atoms with van der Waals surface area (Å²) in [5.41, 5.74) is 2.61. The summed E-state index contributed by atoms with van der Waals surface area (Å²) in [6.45, 7) is 3.81. The minimum Gasteiger partial charge on any atom is -0.496 e. The number of carbonyl (C=O) groups excluding carboxylic acids is 1. The number of benzene rings is 2. The van der Waals surface area contributed by atoms with Crippen LogP contribution >= 0.6 is 23.4 Å². The summed E-state index contributed by atoms with van der Waals surface area (Å²) in [6, 6.07) is 12.9. The summed E-state index contributed by atoms with van der Waals surface area (Å²) in [4.78, 5) is 16.8. The summed E-state index contributed by atoms with van der Waals surface area (Å²) in [5, 5.41) is 10.6. The minimum atomic E-state index is -0.365. The summed E-state index contributed by atoms with van der Waals surface area (Å²) < 4.78 is 5.34. The van der Waals surface area contributed by atoms with Crippen molar-refractivity contribution in [3.05, 3.63) is 53.1 Å². The van der Waals surface area contributed by atoms with Gasteiger partial charge in [-0.3, -0.25) is 9.89 Å². The molecule has 0 aliphatic heterocycles. The van der Waals surface area contributed by atoms with Gasteiger partial charge in [0.15, 0.2) is 5.82 Å². The van der Waals surface area contributed by atoms with Gasteiger partial charge in [0.25, 0.3) is 0 Å². The van der Waals surface area contributed by atoms with E-state index < -0.39 is 0 Å². The van der Waals surface area contributed by atoms with E-state index in [1.807, 2.05) is 38.1 Å². The van der Waals surface area contributed by atoms with E-state index in [0.717, 1.165) is 11.3 Å². The smallest absolute Gasteiger partial charge is 0.237 e. The number of H-pyrrole nitrogens is 1. The van der Waals surface area contributed by atoms with E-state index in [9.17, 15) is 4.79 Å². The third kappa shape index (κ3) is 4.81. The minimum absolute atomic E-state index is 0.115. The predicted molar refractivity (Wildman–Crippen MR) is 109 cm³/mol. The molecule has 6 nitrogen and oxygen atoms in total. The van der Waals surface area contributed by atoms with Gasteiger partial charge < -0.3 is 10.1 Å². The zero-order chi connectivity index (χ0) is 19.4. The third-order valence-electron chi connectivity index (χ3n) is 3.85. The molecule has 1 aromatic heterocycles. The number of amides is 1. The summed E-state index contributed by atoms with van der Waals surface area (Å²) in [5.74, 6) is 1.05. The van der Waals surface area contributed by atoms with Gasteiger partial charge in [-0.15, -0.1) is 5.10 Å². The number of anilines is 1. The van der Waals surface area contributed by atoms with Crippen LogP contribution in [0.2, 0.25) is 5.02 Å². The molecular formula is C19H19ClN4O2S. The molecule has 1 unspecified atom stereocenters. The number of hydrogen-bond acceptors (Lipinski definition) is 5. The highest BCUT2D eigenvalue weighted by Gasteiger charge is 2.18. The van der Waals surface area contributed by atoms with Crippen LogP contribution in [0.4, 0.5) is 5.69 Å². The summed E-state index contributed by atoms with van der Waals surface area (Å²) in [6.07, 6.45) is 0. The molecule has 1 heterocycles. The second-order valence-electron chi connectivity index (χ2n) is 5.93. The van der Waals surface area contributed by atoms with Crippen LogP contribution in [-0.2, 0) is 4.79 Å². The first-order valence-electron chi connectivity index (χ1n) is 8.27. The van der Waals surface area contributed by atoms with E-state index in [1.54, 1.807) is 25.3 Å². The zero-order valence-electron chi connectivity index (χ0n) is 15.1. The van der Waals surface area contributed by atoms with Crippen LogP contribution in [0.15, 0.2) is 47.6 Å². The lowest BCUT2D eigenvalue weighted by Crippen LogP contribution is -2.22. The fourth-order valence-electron chi connectivity index (χ4n) is 2.38. The molecule has 3 aromatic rings. The average Bonchev–Trinajstić information content (AvgIpc) is 3.11. The van der Waals surface area contributed by atoms with E-state index in [0.29, 0.717) is 27.3 Å². The highest BCUT2D eigenvalue weighted by Crippen LogP contribution is 2.31. The Kier molecular flexibility index (Phi) is 6.03. The number of thioether (sulfide) groups is 1. The Balaban J connectivity index is 1.69. The lowest BCUT2D eigenvalue weighted by Gasteiger charge is -2.10. The van der Waals surface area contributed by atoms with Crippen molar-refractivity contribution in [2.75, 3.05) is 12.4 Å². The Bertz CT molecular complexity index is 943. The number of nitrogens with zero attached hydrogens (tertiary/aromatic N) is 2. The van der Waals surface area contributed by atoms with Gasteiger partial charge in [0.2, 0.25) is 11.1 Å². The third-order valence-corrected chi connectivity index (χ3v) is 5.05. The van der Waals surface area contributed by atoms with Gasteiger partial charge in [-0.2, -0.15) is 0 Å². The van der Waals surface area contributed by atoms with Crippen LogP contribution in [-0.4, -0.2) is 33.4 Å². The zero-order valence-corrected chi connectivity index (χ0v) is 16.7. The van der Waals surface area contributed by atoms with Gasteiger partial charge in [0, 0.05) is 10.7 Å². The van der Waals surface area contributed by atoms with Crippen molar-refractivity contribution in [3.63, 3.8) is 0 Å². The van der Waals surface area contributed by atoms with E-state index >= 15 is 0 Å². The van der Waals surface area contributed by atoms with Crippen molar-refractivity contribution in [1.82, 2.24) is 15.2 Å². The molecule has 0 radical (unpaired) electrons. The molecule has 140 valence electrons. The van der Waals surface area contributed by atoms with Crippen LogP contribution in [0, 0.1) is 6.92 Å². The van der Waals surface area contributed by atoms with Gasteiger partial charge in [0.1, 0.15) is 5.75 Å². The van der Waals surface area contributed by atoms with Gasteiger partial charge in [-0.1, -0.05) is 41.1 Å². The molecule has 3 rings (SSSR count). The van der Waals surface area contributed by atoms with Crippen LogP contribution in [0.25, 0.3) is 11.4 Å². The van der Waals surface area contributed by atoms with Crippen molar-refractivity contribution >= 4 is 35.0 Å². The number of nitrogens with one attached hydrogen (secondary N) is 2. The van der Waals surface area contributed by atoms with Crippen molar-refractivity contribution in [1.29, 1.82) is 0 Å². The number of aromatic amines is 1. The number of halogens is 1. The molecule has 0 saturated heterocycles. The number of rotatable bonds is 6. The quantitative estimate of drug-likeness (QED) is 0.591. The highest BCUT2D eigenvalue weighted by atomic mass is 35.5. The van der Waals surface area contributed by atoms with Gasteiger partial charge in [-0.05, 0) is 44.2 Å². The SMILES string of the molecule is COc1ccc(Cl)cc1-c1nc(SC(C)C(=O)Nc2ccc(C)cc2)n[nH]1. The standard InChI is InChI=1S/C19H19ClN4O2S/c1-11-4-7-14(8-5-11)21-18(25)12(2)27-19-22-17(23-24-19)15-10-13(20)6-9-16(15)26-3/h4-10,12H,1-3H3,(H,21,25)(H,22,23,24). The van der Waals surface area contributed by atoms with E-state index in [-0.39, 0.29) is 11.2 Å². The van der Waals surface area contributed by atoms with E-state index in [1.165, 1.54) is 11.8 Å². The first-order chi connectivity index (χ1) is 13.0. The van der Waals surface area contributed by atoms with Crippen LogP contribution in [0.3, 0.4) is 0 Å². The van der Waals surface area contributed by atoms with Gasteiger partial charge in [-0.25, -0.2) is 4.98 Å². The summed E-state index contributed by atoms with van der Waals surface area (Å²) in [7, 11) is 1.58. The summed E-state index contributed by atoms with van der Waals surface area (Å²) >= 11 is 7.34. The maximum atomic E-state index is 12.4. The van der Waals surface area contributed by atoms with Crippen molar-refractivity contribution in [3.8, 4) is 17.1 Å². The second kappa shape index (κ2) is 8.45. The normalized spacial score (nSPS) is 11.9. The van der Waals surface area contributed by atoms with Crippen LogP contribution < -0.4 is 10.1 Å². The molecule has 2 N–H and O–H groups in total. The fourth-order valence-corrected chi connectivity index (χ4v) is 3.27. The number of aromatic nitrogens is 3. The van der Waals surface area contributed by atoms with E-state index in [2.05, 4.69) is 20.5 Å². The lowest BCUT2D eigenvalue weighted by atomic mass is 10.2. The van der Waals surface area contributed by atoms with E-state index in [4.69, 9.17) is 16.3 Å². The average molecular weight is 403 g/mol. The molecular weight excluding hydrogens is 384 g/mol. The first kappa shape index (κ1) is 19.3. The maximum absolute atomic E-state index is 12.4. The molecule has 0 spiro atoms. The molecule has 1 atom stereocenters. The Morgan fingerprint density at radius 2 is 2.00 bits per heavy atom. The number of ether oxygens (including phenoxy) is 1. The maximum Gasteiger partial charge on any atom is 0.237 e. The first-order valence-corrected chi connectivity index (χ1v) is 9.52. The Labute approximate surface area is 166 Å². The largest absolute Gasteiger partial charge is 0.496 e. The molecule has 2 aromatic carbocycles. The molecule has 0 fully saturated rings. The second-order valence-corrected chi connectivity index (χ2v) is 7.67. The van der Waals surface area contributed by atoms with Crippen molar-refractivity contribution in [2.24, 2.45) is 0 Å². The van der Waals surface area contributed by atoms with Crippen LogP contribution in [0.1, 0.15) is 12.5 Å². The molecule has 8 heteroatoms. The highest BCUT2D eigenvalue weighted by molar-refractivity contribution is 8.00. The predicted octanol–water partition coefficient (Wildman–Crippen LogP) is 4.56. The molecule has 1 amide bonds. The lowest BCUT2D eigenvalue weighted by molar-refractivity contribution is -0.115. The van der Waals surface area contributed by atoms with Crippen LogP contribution in [0.5, 0.6) is 5.75 Å². The van der Waals surface area contributed by atoms with Gasteiger partial charge in [0.05, 0.1) is 17.9 Å². The fraction of sp³-hybridized carbons (Fsp3) is 0.211. The molecule has 0 aliphatic carbocycles. The number of hydrogen-bond donors (Lipinski definition) is 2. The Morgan fingerprint density at radius 3 is 2.70 bits per heavy atom. The number of aryl methyl sites for hydroxylation is 1. The van der Waals surface area contributed by atoms with Gasteiger partial charge >= 0.3 is 0 Å². The van der Waals surface area contributed by atoms with Crippen molar-refractivity contribution in [2.45, 2.75) is 24.3 Å². The molecule has 0 saturated carbocycles.